The highest BCUT2D eigenvalue weighted by Gasteiger charge is 2.07. The number of benzene rings is 1. The molecule has 0 aliphatic carbocycles. The van der Waals surface area contributed by atoms with Crippen molar-refractivity contribution in [2.45, 2.75) is 6.42 Å². The van der Waals surface area contributed by atoms with Crippen molar-refractivity contribution >= 4 is 17.7 Å². The minimum Gasteiger partial charge on any atom is -0.453 e. The van der Waals surface area contributed by atoms with Crippen LogP contribution in [0.4, 0.5) is 4.79 Å². The Labute approximate surface area is 94.6 Å². The molecule has 3 nitrogen and oxygen atoms in total. The monoisotopic (exact) mass is 227 g/mol. The van der Waals surface area contributed by atoms with Gasteiger partial charge in [0.1, 0.15) is 0 Å². The largest absolute Gasteiger partial charge is 0.453 e. The van der Waals surface area contributed by atoms with Crippen molar-refractivity contribution in [3.8, 4) is 0 Å². The molecule has 0 N–H and O–H groups in total. The minimum atomic E-state index is -0.322. The summed E-state index contributed by atoms with van der Waals surface area (Å²) in [4.78, 5) is 12.6. The quantitative estimate of drug-likeness (QED) is 0.795. The third-order valence-electron chi connectivity index (χ3n) is 2.11. The predicted molar refractivity (Wildman–Crippen MR) is 60.2 cm³/mol. The van der Waals surface area contributed by atoms with E-state index in [9.17, 15) is 4.79 Å². The second kappa shape index (κ2) is 5.61. The Morgan fingerprint density at radius 3 is 2.87 bits per heavy atom. The molecule has 1 aromatic carbocycles. The Bertz CT molecular complexity index is 341. The highest BCUT2D eigenvalue weighted by atomic mass is 35.5. The maximum absolute atomic E-state index is 11.1. The van der Waals surface area contributed by atoms with Crippen molar-refractivity contribution < 1.29 is 9.53 Å². The summed E-state index contributed by atoms with van der Waals surface area (Å²) in [5.41, 5.74) is 1.11. The van der Waals surface area contributed by atoms with E-state index >= 15 is 0 Å². The SMILES string of the molecule is COC(=O)N(C)CCc1cccc(Cl)c1. The van der Waals surface area contributed by atoms with Gasteiger partial charge >= 0.3 is 6.09 Å². The second-order valence-electron chi connectivity index (χ2n) is 3.27. The van der Waals surface area contributed by atoms with E-state index in [2.05, 4.69) is 4.74 Å². The summed E-state index contributed by atoms with van der Waals surface area (Å²) in [7, 11) is 3.08. The number of nitrogens with zero attached hydrogens (tertiary/aromatic N) is 1. The summed E-state index contributed by atoms with van der Waals surface area (Å²) in [6.07, 6.45) is 0.448. The van der Waals surface area contributed by atoms with E-state index in [1.807, 2.05) is 24.3 Å². The van der Waals surface area contributed by atoms with Crippen molar-refractivity contribution in [1.29, 1.82) is 0 Å². The first-order valence-corrected chi connectivity index (χ1v) is 5.05. The smallest absolute Gasteiger partial charge is 0.409 e. The van der Waals surface area contributed by atoms with Gasteiger partial charge in [-0.15, -0.1) is 0 Å². The summed E-state index contributed by atoms with van der Waals surface area (Å²) in [6, 6.07) is 7.61. The van der Waals surface area contributed by atoms with Crippen LogP contribution in [-0.2, 0) is 11.2 Å². The fraction of sp³-hybridized carbons (Fsp3) is 0.364. The van der Waals surface area contributed by atoms with Crippen molar-refractivity contribution in [3.63, 3.8) is 0 Å². The van der Waals surface area contributed by atoms with E-state index in [1.165, 1.54) is 12.0 Å². The Morgan fingerprint density at radius 2 is 2.27 bits per heavy atom. The summed E-state index contributed by atoms with van der Waals surface area (Å²) >= 11 is 5.84. The molecule has 0 heterocycles. The molecule has 1 rings (SSSR count). The number of amides is 1. The molecule has 0 atom stereocenters. The Hall–Kier alpha value is -1.22. The van der Waals surface area contributed by atoms with Crippen LogP contribution in [-0.4, -0.2) is 31.7 Å². The van der Waals surface area contributed by atoms with E-state index in [0.29, 0.717) is 11.6 Å². The number of carbonyl (C=O) groups is 1. The van der Waals surface area contributed by atoms with Crippen molar-refractivity contribution in [3.05, 3.63) is 34.9 Å². The molecule has 0 saturated carbocycles. The van der Waals surface area contributed by atoms with Crippen molar-refractivity contribution in [1.82, 2.24) is 4.90 Å². The molecule has 0 radical (unpaired) electrons. The van der Waals surface area contributed by atoms with Gasteiger partial charge in [-0.25, -0.2) is 4.79 Å². The zero-order chi connectivity index (χ0) is 11.3. The summed E-state index contributed by atoms with van der Waals surface area (Å²) in [5, 5.41) is 0.716. The van der Waals surface area contributed by atoms with Crippen molar-refractivity contribution in [2.24, 2.45) is 0 Å². The van der Waals surface area contributed by atoms with Crippen LogP contribution in [0.25, 0.3) is 0 Å². The van der Waals surface area contributed by atoms with Gasteiger partial charge in [0.25, 0.3) is 0 Å². The van der Waals surface area contributed by atoms with Crippen LogP contribution < -0.4 is 0 Å². The fourth-order valence-electron chi connectivity index (χ4n) is 1.24. The molecule has 0 unspecified atom stereocenters. The van der Waals surface area contributed by atoms with E-state index in [-0.39, 0.29) is 6.09 Å². The van der Waals surface area contributed by atoms with Crippen LogP contribution in [0.2, 0.25) is 5.02 Å². The predicted octanol–water partition coefficient (Wildman–Crippen LogP) is 2.58. The molecule has 0 aliphatic rings. The van der Waals surface area contributed by atoms with E-state index in [4.69, 9.17) is 11.6 Å². The lowest BCUT2D eigenvalue weighted by Crippen LogP contribution is -2.28. The number of methoxy groups -OCH3 is 1. The molecule has 0 saturated heterocycles. The average molecular weight is 228 g/mol. The van der Waals surface area contributed by atoms with Gasteiger partial charge in [-0.05, 0) is 24.1 Å². The van der Waals surface area contributed by atoms with Crippen LogP contribution in [0.5, 0.6) is 0 Å². The number of carbonyl (C=O) groups excluding carboxylic acids is 1. The van der Waals surface area contributed by atoms with Gasteiger partial charge in [0, 0.05) is 18.6 Å². The van der Waals surface area contributed by atoms with Crippen LogP contribution in [0.3, 0.4) is 0 Å². The molecule has 0 fully saturated rings. The molecular formula is C11H14ClNO2. The molecule has 0 spiro atoms. The molecule has 0 aromatic heterocycles. The first kappa shape index (κ1) is 11.9. The van der Waals surface area contributed by atoms with Gasteiger partial charge in [0.15, 0.2) is 0 Å². The van der Waals surface area contributed by atoms with E-state index in [0.717, 1.165) is 12.0 Å². The third kappa shape index (κ3) is 3.80. The number of ether oxygens (including phenoxy) is 1. The second-order valence-corrected chi connectivity index (χ2v) is 3.71. The highest BCUT2D eigenvalue weighted by Crippen LogP contribution is 2.11. The Kier molecular flexibility index (Phi) is 4.43. The Morgan fingerprint density at radius 1 is 1.53 bits per heavy atom. The van der Waals surface area contributed by atoms with Gasteiger partial charge < -0.3 is 9.64 Å². The van der Waals surface area contributed by atoms with Crippen LogP contribution in [0.1, 0.15) is 5.56 Å². The topological polar surface area (TPSA) is 29.5 Å². The number of hydrogen-bond donors (Lipinski definition) is 0. The molecule has 4 heteroatoms. The number of rotatable bonds is 3. The maximum atomic E-state index is 11.1. The number of halogens is 1. The van der Waals surface area contributed by atoms with Crippen molar-refractivity contribution in [2.75, 3.05) is 20.7 Å². The lowest BCUT2D eigenvalue weighted by Gasteiger charge is -2.15. The first-order valence-electron chi connectivity index (χ1n) is 4.67. The number of likely N-dealkylation sites (N-methyl/N-ethyl adjacent to an activating group) is 1. The van der Waals surface area contributed by atoms with E-state index < -0.39 is 0 Å². The van der Waals surface area contributed by atoms with Gasteiger partial charge in [-0.3, -0.25) is 0 Å². The summed E-state index contributed by atoms with van der Waals surface area (Å²) < 4.78 is 4.59. The number of hydrogen-bond acceptors (Lipinski definition) is 2. The van der Waals surface area contributed by atoms with Crippen LogP contribution in [0.15, 0.2) is 24.3 Å². The van der Waals surface area contributed by atoms with Gasteiger partial charge in [-0.2, -0.15) is 0 Å². The summed E-state index contributed by atoms with van der Waals surface area (Å²) in [6.45, 7) is 0.618. The van der Waals surface area contributed by atoms with Gasteiger partial charge in [-0.1, -0.05) is 23.7 Å². The van der Waals surface area contributed by atoms with Crippen LogP contribution in [0, 0.1) is 0 Å². The highest BCUT2D eigenvalue weighted by molar-refractivity contribution is 6.30. The molecule has 0 aliphatic heterocycles. The lowest BCUT2D eigenvalue weighted by atomic mass is 10.1. The van der Waals surface area contributed by atoms with Gasteiger partial charge in [0.05, 0.1) is 7.11 Å². The molecule has 82 valence electrons. The molecular weight excluding hydrogens is 214 g/mol. The standard InChI is InChI=1S/C11H14ClNO2/c1-13(11(14)15-2)7-6-9-4-3-5-10(12)8-9/h3-5,8H,6-7H2,1-2H3. The molecule has 15 heavy (non-hydrogen) atoms. The average Bonchev–Trinajstić information content (AvgIpc) is 2.25. The fourth-order valence-corrected chi connectivity index (χ4v) is 1.45. The zero-order valence-electron chi connectivity index (χ0n) is 8.87. The summed E-state index contributed by atoms with van der Waals surface area (Å²) in [5.74, 6) is 0. The Balaban J connectivity index is 2.47. The zero-order valence-corrected chi connectivity index (χ0v) is 9.62. The van der Waals surface area contributed by atoms with Gasteiger partial charge in [0.2, 0.25) is 0 Å². The lowest BCUT2D eigenvalue weighted by molar-refractivity contribution is 0.134. The molecule has 0 bridgehead atoms. The molecule has 1 amide bonds. The third-order valence-corrected chi connectivity index (χ3v) is 2.35. The van der Waals surface area contributed by atoms with E-state index in [1.54, 1.807) is 7.05 Å². The minimum absolute atomic E-state index is 0.322. The normalized spacial score (nSPS) is 9.80. The first-order chi connectivity index (χ1) is 7.13. The molecule has 1 aromatic rings. The maximum Gasteiger partial charge on any atom is 0.409 e. The van der Waals surface area contributed by atoms with Crippen LogP contribution >= 0.6 is 11.6 Å².